The van der Waals surface area contributed by atoms with Gasteiger partial charge < -0.3 is 20.1 Å². The van der Waals surface area contributed by atoms with E-state index in [0.29, 0.717) is 17.2 Å². The summed E-state index contributed by atoms with van der Waals surface area (Å²) in [5, 5.41) is 0. The first-order valence-electron chi connectivity index (χ1n) is 6.31. The molecule has 0 spiro atoms. The first-order valence-corrected chi connectivity index (χ1v) is 6.31. The SMILES string of the molecule is CCCCN(C)Cc1cc(N)c(OC)c(OC)c1. The van der Waals surface area contributed by atoms with E-state index in [2.05, 4.69) is 18.9 Å². The molecule has 0 heterocycles. The second-order valence-corrected chi connectivity index (χ2v) is 4.51. The smallest absolute Gasteiger partial charge is 0.183 e. The topological polar surface area (TPSA) is 47.7 Å². The number of benzene rings is 1. The largest absolute Gasteiger partial charge is 0.493 e. The molecule has 0 bridgehead atoms. The lowest BCUT2D eigenvalue weighted by atomic mass is 10.1. The van der Waals surface area contributed by atoms with Crippen molar-refractivity contribution in [1.29, 1.82) is 0 Å². The third-order valence-corrected chi connectivity index (χ3v) is 2.91. The van der Waals surface area contributed by atoms with Crippen LogP contribution >= 0.6 is 0 Å². The van der Waals surface area contributed by atoms with Crippen molar-refractivity contribution in [1.82, 2.24) is 4.90 Å². The first kappa shape index (κ1) is 14.6. The van der Waals surface area contributed by atoms with Crippen LogP contribution in [0.15, 0.2) is 12.1 Å². The van der Waals surface area contributed by atoms with Gasteiger partial charge in [0.2, 0.25) is 0 Å². The van der Waals surface area contributed by atoms with Gasteiger partial charge in [-0.1, -0.05) is 13.3 Å². The van der Waals surface area contributed by atoms with E-state index in [1.54, 1.807) is 14.2 Å². The van der Waals surface area contributed by atoms with Gasteiger partial charge in [-0.2, -0.15) is 0 Å². The van der Waals surface area contributed by atoms with Gasteiger partial charge in [0, 0.05) is 6.54 Å². The van der Waals surface area contributed by atoms with E-state index < -0.39 is 0 Å². The predicted octanol–water partition coefficient (Wildman–Crippen LogP) is 2.52. The highest BCUT2D eigenvalue weighted by molar-refractivity contribution is 5.62. The lowest BCUT2D eigenvalue weighted by Crippen LogP contribution is -2.19. The van der Waals surface area contributed by atoms with Crippen molar-refractivity contribution in [2.24, 2.45) is 0 Å². The number of methoxy groups -OCH3 is 2. The average Bonchev–Trinajstić information content (AvgIpc) is 2.35. The molecule has 102 valence electrons. The summed E-state index contributed by atoms with van der Waals surface area (Å²) in [4.78, 5) is 2.28. The summed E-state index contributed by atoms with van der Waals surface area (Å²) >= 11 is 0. The first-order chi connectivity index (χ1) is 8.62. The van der Waals surface area contributed by atoms with Crippen molar-refractivity contribution in [3.8, 4) is 11.5 Å². The average molecular weight is 252 g/mol. The minimum Gasteiger partial charge on any atom is -0.493 e. The Kier molecular flexibility index (Phi) is 5.78. The fraction of sp³-hybridized carbons (Fsp3) is 0.571. The number of ether oxygens (including phenoxy) is 2. The van der Waals surface area contributed by atoms with Crippen molar-refractivity contribution >= 4 is 5.69 Å². The van der Waals surface area contributed by atoms with Crippen molar-refractivity contribution < 1.29 is 9.47 Å². The van der Waals surface area contributed by atoms with Crippen LogP contribution < -0.4 is 15.2 Å². The van der Waals surface area contributed by atoms with Gasteiger partial charge in [0.05, 0.1) is 19.9 Å². The standard InChI is InChI=1S/C14H24N2O2/c1-5-6-7-16(2)10-11-8-12(15)14(18-4)13(9-11)17-3/h8-9H,5-7,10,15H2,1-4H3. The zero-order chi connectivity index (χ0) is 13.5. The maximum atomic E-state index is 5.96. The van der Waals surface area contributed by atoms with E-state index in [9.17, 15) is 0 Å². The molecule has 0 aliphatic rings. The lowest BCUT2D eigenvalue weighted by Gasteiger charge is -2.18. The molecule has 0 radical (unpaired) electrons. The zero-order valence-corrected chi connectivity index (χ0v) is 11.8. The fourth-order valence-electron chi connectivity index (χ4n) is 1.96. The minimum atomic E-state index is 0.609. The Hall–Kier alpha value is -1.42. The van der Waals surface area contributed by atoms with E-state index >= 15 is 0 Å². The van der Waals surface area contributed by atoms with Crippen LogP contribution in [0.1, 0.15) is 25.3 Å². The van der Waals surface area contributed by atoms with E-state index in [4.69, 9.17) is 15.2 Å². The van der Waals surface area contributed by atoms with Crippen molar-refractivity contribution in [3.05, 3.63) is 17.7 Å². The van der Waals surface area contributed by atoms with Crippen LogP contribution in [0.4, 0.5) is 5.69 Å². The monoisotopic (exact) mass is 252 g/mol. The molecule has 4 heteroatoms. The molecule has 0 atom stereocenters. The summed E-state index contributed by atoms with van der Waals surface area (Å²) in [5.41, 5.74) is 7.72. The second-order valence-electron chi connectivity index (χ2n) is 4.51. The number of hydrogen-bond acceptors (Lipinski definition) is 4. The zero-order valence-electron chi connectivity index (χ0n) is 11.8. The van der Waals surface area contributed by atoms with Gasteiger partial charge >= 0.3 is 0 Å². The van der Waals surface area contributed by atoms with Gasteiger partial charge in [-0.05, 0) is 37.7 Å². The lowest BCUT2D eigenvalue weighted by molar-refractivity contribution is 0.318. The molecule has 0 fully saturated rings. The molecule has 0 aliphatic carbocycles. The van der Waals surface area contributed by atoms with Crippen LogP contribution in [-0.4, -0.2) is 32.7 Å². The number of rotatable bonds is 7. The number of nitrogens with two attached hydrogens (primary N) is 1. The van der Waals surface area contributed by atoms with Gasteiger partial charge in [0.25, 0.3) is 0 Å². The van der Waals surface area contributed by atoms with Crippen molar-refractivity contribution in [2.45, 2.75) is 26.3 Å². The van der Waals surface area contributed by atoms with Crippen molar-refractivity contribution in [2.75, 3.05) is 33.5 Å². The third kappa shape index (κ3) is 3.81. The van der Waals surface area contributed by atoms with Crippen LogP contribution in [0.5, 0.6) is 11.5 Å². The highest BCUT2D eigenvalue weighted by Crippen LogP contribution is 2.34. The molecule has 0 aliphatic heterocycles. The predicted molar refractivity (Wildman–Crippen MR) is 75.2 cm³/mol. The highest BCUT2D eigenvalue weighted by atomic mass is 16.5. The molecular formula is C14H24N2O2. The molecule has 0 unspecified atom stereocenters. The summed E-state index contributed by atoms with van der Waals surface area (Å²) in [6, 6.07) is 3.93. The van der Waals surface area contributed by atoms with E-state index in [1.807, 2.05) is 12.1 Å². The second kappa shape index (κ2) is 7.11. The third-order valence-electron chi connectivity index (χ3n) is 2.91. The maximum Gasteiger partial charge on any atom is 0.183 e. The van der Waals surface area contributed by atoms with E-state index in [0.717, 1.165) is 18.7 Å². The molecule has 4 nitrogen and oxygen atoms in total. The Morgan fingerprint density at radius 2 is 1.94 bits per heavy atom. The molecule has 18 heavy (non-hydrogen) atoms. The van der Waals surface area contributed by atoms with Gasteiger partial charge in [0.15, 0.2) is 11.5 Å². The number of hydrogen-bond donors (Lipinski definition) is 1. The highest BCUT2D eigenvalue weighted by Gasteiger charge is 2.11. The summed E-state index contributed by atoms with van der Waals surface area (Å²) in [6.07, 6.45) is 2.41. The van der Waals surface area contributed by atoms with E-state index in [-0.39, 0.29) is 0 Å². The molecule has 1 aromatic rings. The van der Waals surface area contributed by atoms with Gasteiger partial charge in [-0.15, -0.1) is 0 Å². The number of anilines is 1. The summed E-state index contributed by atoms with van der Waals surface area (Å²) < 4.78 is 10.5. The molecule has 0 saturated carbocycles. The Bertz CT molecular complexity index is 380. The van der Waals surface area contributed by atoms with Crippen LogP contribution in [0.3, 0.4) is 0 Å². The molecule has 0 saturated heterocycles. The number of nitrogen functional groups attached to an aromatic ring is 1. The molecule has 0 amide bonds. The van der Waals surface area contributed by atoms with Crippen LogP contribution in [0.25, 0.3) is 0 Å². The van der Waals surface area contributed by atoms with Crippen LogP contribution in [0, 0.1) is 0 Å². The van der Waals surface area contributed by atoms with Crippen LogP contribution in [0.2, 0.25) is 0 Å². The quantitative estimate of drug-likeness (QED) is 0.757. The van der Waals surface area contributed by atoms with Crippen molar-refractivity contribution in [3.63, 3.8) is 0 Å². The Morgan fingerprint density at radius 3 is 2.50 bits per heavy atom. The Morgan fingerprint density at radius 1 is 1.22 bits per heavy atom. The molecule has 2 N–H and O–H groups in total. The fourth-order valence-corrected chi connectivity index (χ4v) is 1.96. The number of unbranched alkanes of at least 4 members (excludes halogenated alkanes) is 1. The summed E-state index contributed by atoms with van der Waals surface area (Å²) in [7, 11) is 5.34. The van der Waals surface area contributed by atoms with Gasteiger partial charge in [-0.3, -0.25) is 0 Å². The van der Waals surface area contributed by atoms with Gasteiger partial charge in [-0.25, -0.2) is 0 Å². The summed E-state index contributed by atoms with van der Waals surface area (Å²) in [5.74, 6) is 1.30. The normalized spacial score (nSPS) is 10.7. The molecule has 1 rings (SSSR count). The molecule has 1 aromatic carbocycles. The minimum absolute atomic E-state index is 0.609. The van der Waals surface area contributed by atoms with Crippen LogP contribution in [-0.2, 0) is 6.54 Å². The number of nitrogens with zero attached hydrogens (tertiary/aromatic N) is 1. The van der Waals surface area contributed by atoms with E-state index in [1.165, 1.54) is 12.8 Å². The summed E-state index contributed by atoms with van der Waals surface area (Å²) in [6.45, 7) is 4.15. The maximum absolute atomic E-state index is 5.96. The molecule has 0 aromatic heterocycles. The Balaban J connectivity index is 2.81. The molecular weight excluding hydrogens is 228 g/mol. The van der Waals surface area contributed by atoms with Gasteiger partial charge in [0.1, 0.15) is 0 Å². The Labute approximate surface area is 110 Å².